The zero-order valence-electron chi connectivity index (χ0n) is 19.0. The van der Waals surface area contributed by atoms with Crippen molar-refractivity contribution in [2.24, 2.45) is 0 Å². The van der Waals surface area contributed by atoms with Crippen LogP contribution >= 0.6 is 0 Å². The molecule has 0 heterocycles. The van der Waals surface area contributed by atoms with E-state index in [2.05, 4.69) is 51.2 Å². The molecule has 2 nitrogen and oxygen atoms in total. The summed E-state index contributed by atoms with van der Waals surface area (Å²) in [5.74, 6) is 0.644. The first kappa shape index (κ1) is 29.0. The van der Waals surface area contributed by atoms with E-state index >= 15 is 0 Å². The molecule has 4 rings (SSSR count). The second kappa shape index (κ2) is 21.2. The molecular weight excluding hydrogens is 563 g/mol. The molecule has 0 saturated carbocycles. The third kappa shape index (κ3) is 24.1. The van der Waals surface area contributed by atoms with Gasteiger partial charge in [-0.05, 0) is 24.3 Å². The number of allylic oxidation sites excluding steroid dienone is 8. The first-order chi connectivity index (χ1) is 14.9. The third-order valence-electron chi connectivity index (χ3n) is 3.18. The topological polar surface area (TPSA) is 40.5 Å². The Hall–Kier alpha value is -2.04. The van der Waals surface area contributed by atoms with E-state index in [-0.39, 0.29) is 26.5 Å². The maximum Gasteiger partial charge on any atom is 0.115 e. The van der Waals surface area contributed by atoms with Crippen LogP contribution in [0.5, 0.6) is 11.5 Å². The standard InChI is InChI=1S/2C6H6O.2C5H5.C3H6.C2H6Si.Hf/c2*7-6-4-2-1-3-5-6;2*1-2-4-5-3-1;2*1-3-2;/h2*1-5,7H;2*1-3H,4H2;2*1-2H3;/q;;2*-1;;;. The van der Waals surface area contributed by atoms with Crippen molar-refractivity contribution in [2.75, 3.05) is 0 Å². The summed E-state index contributed by atoms with van der Waals surface area (Å²) in [4.78, 5) is 0. The van der Waals surface area contributed by atoms with Crippen LogP contribution in [0.4, 0.5) is 0 Å². The Morgan fingerprint density at radius 3 is 1.23 bits per heavy atom. The summed E-state index contributed by atoms with van der Waals surface area (Å²) in [6, 6.07) is 17.4. The van der Waals surface area contributed by atoms with Crippen LogP contribution in [-0.2, 0) is 21.0 Å². The van der Waals surface area contributed by atoms with Gasteiger partial charge in [0.15, 0.2) is 0 Å². The van der Waals surface area contributed by atoms with Gasteiger partial charge < -0.3 is 10.2 Å². The van der Waals surface area contributed by atoms with Gasteiger partial charge in [-0.2, -0.15) is 12.2 Å². The predicted octanol–water partition coefficient (Wildman–Crippen LogP) is 6.93. The fourth-order valence-corrected chi connectivity index (χ4v) is 13.8. The first-order valence-electron chi connectivity index (χ1n) is 10.2. The summed E-state index contributed by atoms with van der Waals surface area (Å²) in [5.41, 5.74) is 0.223. The van der Waals surface area contributed by atoms with E-state index in [1.165, 1.54) is 0 Å². The van der Waals surface area contributed by atoms with Crippen molar-refractivity contribution in [3.8, 4) is 11.5 Å². The van der Waals surface area contributed by atoms with E-state index in [0.717, 1.165) is 12.8 Å². The molecule has 2 aliphatic carbocycles. The minimum absolute atomic E-state index is 0.133. The minimum Gasteiger partial charge on any atom is -0.508 e. The SMILES string of the molecule is C[C](C)=[Hf]=[Si](C)C.Oc1ccccc1.Oc1ccccc1.[C-]1=CC=CC1.[C-]1=CC=CC1. The number of aromatic hydroxyl groups is 2. The van der Waals surface area contributed by atoms with Gasteiger partial charge in [-0.3, -0.25) is 12.2 Å². The van der Waals surface area contributed by atoms with Crippen LogP contribution in [0, 0.1) is 12.2 Å². The van der Waals surface area contributed by atoms with Gasteiger partial charge in [0.05, 0.1) is 0 Å². The molecule has 4 heteroatoms. The van der Waals surface area contributed by atoms with Crippen molar-refractivity contribution >= 4 is 8.75 Å². The van der Waals surface area contributed by atoms with Gasteiger partial charge in [0.1, 0.15) is 11.5 Å². The number of para-hydroxylation sites is 2. The van der Waals surface area contributed by atoms with Crippen molar-refractivity contribution in [1.82, 2.24) is 0 Å². The third-order valence-corrected chi connectivity index (χ3v) is 15.0. The number of hydrogen-bond acceptors (Lipinski definition) is 2. The molecule has 0 fully saturated rings. The van der Waals surface area contributed by atoms with E-state index in [1.54, 1.807) is 51.8 Å². The van der Waals surface area contributed by atoms with Crippen molar-refractivity contribution < 1.29 is 31.3 Å². The fraction of sp³-hybridized carbons (Fsp3) is 0.222. The number of hydrogen-bond donors (Lipinski definition) is 2. The Balaban J connectivity index is 0.000000365. The van der Waals surface area contributed by atoms with Crippen LogP contribution in [0.1, 0.15) is 26.7 Å². The fourth-order valence-electron chi connectivity index (χ4n) is 2.04. The molecule has 164 valence electrons. The zero-order valence-corrected chi connectivity index (χ0v) is 23.6. The van der Waals surface area contributed by atoms with Crippen LogP contribution in [0.25, 0.3) is 0 Å². The first-order valence-corrected chi connectivity index (χ1v) is 19.9. The molecule has 0 amide bonds. The largest absolute Gasteiger partial charge is 0.508 e. The normalized spacial score (nSPS) is 11.2. The van der Waals surface area contributed by atoms with Crippen molar-refractivity contribution in [3.05, 3.63) is 109 Å². The summed E-state index contributed by atoms with van der Waals surface area (Å²) in [6.07, 6.45) is 20.0. The second-order valence-electron chi connectivity index (χ2n) is 6.80. The smallest absolute Gasteiger partial charge is 0.115 e. The molecule has 0 atom stereocenters. The van der Waals surface area contributed by atoms with Crippen LogP contribution in [0.3, 0.4) is 0 Å². The average molecular weight is 597 g/mol. The molecule has 2 N–H and O–H groups in total. The molecule has 0 aliphatic heterocycles. The molecule has 31 heavy (non-hydrogen) atoms. The summed E-state index contributed by atoms with van der Waals surface area (Å²) < 4.78 is 1.78. The average Bonchev–Trinajstić information content (AvgIpc) is 3.48. The Bertz CT molecular complexity index is 776. The van der Waals surface area contributed by atoms with E-state index in [4.69, 9.17) is 10.2 Å². The van der Waals surface area contributed by atoms with Crippen molar-refractivity contribution in [3.63, 3.8) is 0 Å². The zero-order chi connectivity index (χ0) is 23.2. The summed E-state index contributed by atoms with van der Waals surface area (Å²) in [7, 11) is 0. The maximum absolute atomic E-state index is 8.63. The number of phenolic OH excluding ortho intramolecular Hbond substituents is 2. The van der Waals surface area contributed by atoms with Crippen molar-refractivity contribution in [2.45, 2.75) is 39.8 Å². The number of rotatable bonds is 0. The van der Waals surface area contributed by atoms with E-state index in [9.17, 15) is 0 Å². The van der Waals surface area contributed by atoms with Gasteiger partial charge in [-0.25, -0.2) is 24.3 Å². The Morgan fingerprint density at radius 1 is 0.742 bits per heavy atom. The monoisotopic (exact) mass is 598 g/mol. The Labute approximate surface area is 199 Å². The molecule has 0 spiro atoms. The maximum atomic E-state index is 8.63. The van der Waals surface area contributed by atoms with Crippen LogP contribution in [0.2, 0.25) is 13.1 Å². The molecule has 0 radical (unpaired) electrons. The van der Waals surface area contributed by atoms with Gasteiger partial charge in [0.25, 0.3) is 0 Å². The predicted molar refractivity (Wildman–Crippen MR) is 133 cm³/mol. The Kier molecular flexibility index (Phi) is 19.8. The van der Waals surface area contributed by atoms with Gasteiger partial charge in [-0.1, -0.05) is 36.4 Å². The van der Waals surface area contributed by atoms with Gasteiger partial charge >= 0.3 is 56.7 Å². The summed E-state index contributed by atoms with van der Waals surface area (Å²) >= 11 is -0.133. The molecule has 2 aromatic rings. The van der Waals surface area contributed by atoms with Gasteiger partial charge in [0.2, 0.25) is 0 Å². The van der Waals surface area contributed by atoms with E-state index in [0.29, 0.717) is 11.5 Å². The van der Waals surface area contributed by atoms with Crippen molar-refractivity contribution in [1.29, 1.82) is 0 Å². The molecule has 2 aliphatic rings. The molecular formula is C27H34HfO2Si-2. The quantitative estimate of drug-likeness (QED) is 0.256. The molecule has 2 aromatic carbocycles. The summed E-state index contributed by atoms with van der Waals surface area (Å²) in [5, 5.41) is 17.3. The molecule has 0 unspecified atom stereocenters. The number of phenols is 2. The van der Waals surface area contributed by atoms with Gasteiger partial charge in [-0.15, -0.1) is 12.8 Å². The van der Waals surface area contributed by atoms with Crippen LogP contribution in [-0.4, -0.2) is 19.0 Å². The molecule has 0 aromatic heterocycles. The number of benzene rings is 2. The van der Waals surface area contributed by atoms with E-state index in [1.807, 2.05) is 36.4 Å². The van der Waals surface area contributed by atoms with Gasteiger partial charge in [0, 0.05) is 0 Å². The molecule has 0 saturated heterocycles. The Morgan fingerprint density at radius 2 is 1.13 bits per heavy atom. The van der Waals surface area contributed by atoms with Crippen LogP contribution < -0.4 is 0 Å². The van der Waals surface area contributed by atoms with Crippen LogP contribution in [0.15, 0.2) is 97.1 Å². The second-order valence-corrected chi connectivity index (χ2v) is 26.1. The van der Waals surface area contributed by atoms with E-state index < -0.39 is 0 Å². The minimum atomic E-state index is -0.133. The summed E-state index contributed by atoms with van der Waals surface area (Å²) in [6.45, 7) is 9.45. The molecule has 0 bridgehead atoms.